The fourth-order valence-electron chi connectivity index (χ4n) is 2.75. The van der Waals surface area contributed by atoms with Crippen LogP contribution in [0.5, 0.6) is 0 Å². The Morgan fingerprint density at radius 3 is 1.74 bits per heavy atom. The Bertz CT molecular complexity index is 785. The number of aliphatic hydroxyl groups is 2. The molecule has 3 amide bonds. The van der Waals surface area contributed by atoms with Gasteiger partial charge in [-0.2, -0.15) is 0 Å². The molecule has 35 heavy (non-hydrogen) atoms. The van der Waals surface area contributed by atoms with Gasteiger partial charge in [0, 0.05) is 13.0 Å². The summed E-state index contributed by atoms with van der Waals surface area (Å²) < 4.78 is 0. The fraction of sp³-hybridized carbons (Fsp3) is 0.684. The van der Waals surface area contributed by atoms with Crippen molar-refractivity contribution in [2.24, 2.45) is 22.2 Å². The molecule has 200 valence electrons. The van der Waals surface area contributed by atoms with E-state index in [0.717, 1.165) is 6.92 Å². The summed E-state index contributed by atoms with van der Waals surface area (Å²) in [7, 11) is 0. The number of rotatable bonds is 16. The maximum Gasteiger partial charge on any atom is 0.326 e. The number of hydrogen-bond donors (Lipinski definition) is 10. The Balaban J connectivity index is 5.24. The SMILES string of the molecule is CC(O)C(NC(=O)C(N)CCCN=C(N)N)C(=O)NC(C(=O)NC(CCC(=O)O)C(=O)O)C(C)O. The van der Waals surface area contributed by atoms with E-state index >= 15 is 0 Å². The number of nitrogens with two attached hydrogens (primary N) is 3. The van der Waals surface area contributed by atoms with E-state index < -0.39 is 78.9 Å². The van der Waals surface area contributed by atoms with Gasteiger partial charge in [0.2, 0.25) is 17.7 Å². The van der Waals surface area contributed by atoms with Gasteiger partial charge in [-0.15, -0.1) is 0 Å². The highest BCUT2D eigenvalue weighted by Gasteiger charge is 2.34. The second-order valence-corrected chi connectivity index (χ2v) is 7.84. The number of aliphatic imine (C=N–C) groups is 1. The van der Waals surface area contributed by atoms with Crippen LogP contribution < -0.4 is 33.2 Å². The van der Waals surface area contributed by atoms with E-state index in [4.69, 9.17) is 22.3 Å². The van der Waals surface area contributed by atoms with E-state index in [1.54, 1.807) is 0 Å². The van der Waals surface area contributed by atoms with Gasteiger partial charge in [-0.3, -0.25) is 24.2 Å². The summed E-state index contributed by atoms with van der Waals surface area (Å²) in [4.78, 5) is 63.3. The van der Waals surface area contributed by atoms with E-state index in [0.29, 0.717) is 6.42 Å². The molecule has 0 aromatic carbocycles. The predicted molar refractivity (Wildman–Crippen MR) is 122 cm³/mol. The molecular formula is C19H35N7O9. The molecule has 0 saturated heterocycles. The standard InChI is InChI=1S/C19H35N7O9/c1-8(27)13(16(32)24-11(18(34)35)5-6-12(29)30)26-17(33)14(9(2)28)25-15(31)10(20)4-3-7-23-19(21)22/h8-11,13-14,27-28H,3-7,20H2,1-2H3,(H,24,32)(H,25,31)(H,26,33)(H,29,30)(H,34,35)(H4,21,22,23). The van der Waals surface area contributed by atoms with Crippen molar-refractivity contribution in [1.82, 2.24) is 16.0 Å². The molecule has 0 saturated carbocycles. The fourth-order valence-corrected chi connectivity index (χ4v) is 2.75. The molecule has 16 heteroatoms. The van der Waals surface area contributed by atoms with Gasteiger partial charge in [-0.05, 0) is 33.1 Å². The monoisotopic (exact) mass is 505 g/mol. The van der Waals surface area contributed by atoms with Crippen molar-refractivity contribution in [3.8, 4) is 0 Å². The van der Waals surface area contributed by atoms with Gasteiger partial charge in [0.15, 0.2) is 5.96 Å². The van der Waals surface area contributed by atoms with Gasteiger partial charge < -0.3 is 53.6 Å². The number of aliphatic carboxylic acids is 2. The molecule has 0 aliphatic rings. The van der Waals surface area contributed by atoms with Crippen molar-refractivity contribution in [3.05, 3.63) is 0 Å². The van der Waals surface area contributed by atoms with Crippen molar-refractivity contribution < 1.29 is 44.4 Å². The zero-order valence-electron chi connectivity index (χ0n) is 19.5. The number of carboxylic acid groups (broad SMARTS) is 2. The molecule has 6 unspecified atom stereocenters. The van der Waals surface area contributed by atoms with Crippen LogP contribution in [-0.4, -0.2) is 99.0 Å². The Labute approximate surface area is 201 Å². The number of hydrogen-bond acceptors (Lipinski definition) is 9. The molecule has 0 spiro atoms. The van der Waals surface area contributed by atoms with Crippen LogP contribution in [0.15, 0.2) is 4.99 Å². The average Bonchev–Trinajstić information content (AvgIpc) is 2.74. The first-order valence-electron chi connectivity index (χ1n) is 10.7. The van der Waals surface area contributed by atoms with Gasteiger partial charge in [0.1, 0.15) is 18.1 Å². The smallest absolute Gasteiger partial charge is 0.326 e. The molecule has 16 nitrogen and oxygen atoms in total. The van der Waals surface area contributed by atoms with Crippen LogP contribution in [0.25, 0.3) is 0 Å². The van der Waals surface area contributed by atoms with E-state index in [2.05, 4.69) is 15.6 Å². The highest BCUT2D eigenvalue weighted by atomic mass is 16.4. The summed E-state index contributed by atoms with van der Waals surface area (Å²) in [6.07, 6.45) is -3.43. The van der Waals surface area contributed by atoms with Gasteiger partial charge in [-0.25, -0.2) is 4.79 Å². The third kappa shape index (κ3) is 12.5. The number of guanidine groups is 1. The van der Waals surface area contributed by atoms with Crippen molar-refractivity contribution >= 4 is 35.6 Å². The highest BCUT2D eigenvalue weighted by molar-refractivity contribution is 5.94. The quantitative estimate of drug-likeness (QED) is 0.0539. The number of aliphatic hydroxyl groups excluding tert-OH is 2. The minimum Gasteiger partial charge on any atom is -0.481 e. The number of amides is 3. The lowest BCUT2D eigenvalue weighted by molar-refractivity contribution is -0.144. The largest absolute Gasteiger partial charge is 0.481 e. The average molecular weight is 506 g/mol. The summed E-state index contributed by atoms with van der Waals surface area (Å²) in [5.41, 5.74) is 16.2. The first-order valence-corrected chi connectivity index (χ1v) is 10.7. The molecule has 0 aromatic heterocycles. The topological polar surface area (TPSA) is 293 Å². The van der Waals surface area contributed by atoms with Gasteiger partial charge in [0.05, 0.1) is 18.2 Å². The van der Waals surface area contributed by atoms with E-state index in [1.165, 1.54) is 6.92 Å². The van der Waals surface area contributed by atoms with Gasteiger partial charge in [-0.1, -0.05) is 0 Å². The molecule has 0 heterocycles. The molecule has 13 N–H and O–H groups in total. The summed E-state index contributed by atoms with van der Waals surface area (Å²) in [5.74, 6) is -5.87. The Morgan fingerprint density at radius 1 is 0.829 bits per heavy atom. The van der Waals surface area contributed by atoms with Crippen LogP contribution in [-0.2, 0) is 24.0 Å². The summed E-state index contributed by atoms with van der Waals surface area (Å²) in [6, 6.07) is -5.91. The zero-order chi connectivity index (χ0) is 27.3. The molecule has 0 aliphatic heterocycles. The highest BCUT2D eigenvalue weighted by Crippen LogP contribution is 2.04. The van der Waals surface area contributed by atoms with Crippen molar-refractivity contribution in [3.63, 3.8) is 0 Å². The van der Waals surface area contributed by atoms with E-state index in [9.17, 15) is 39.3 Å². The lowest BCUT2D eigenvalue weighted by atomic mass is 10.1. The van der Waals surface area contributed by atoms with Gasteiger partial charge >= 0.3 is 11.9 Å². The van der Waals surface area contributed by atoms with Crippen LogP contribution in [0.2, 0.25) is 0 Å². The molecule has 0 radical (unpaired) electrons. The molecule has 6 atom stereocenters. The van der Waals surface area contributed by atoms with Crippen molar-refractivity contribution in [2.45, 2.75) is 75.9 Å². The second-order valence-electron chi connectivity index (χ2n) is 7.84. The van der Waals surface area contributed by atoms with E-state index in [-0.39, 0.29) is 18.9 Å². The first-order chi connectivity index (χ1) is 16.2. The van der Waals surface area contributed by atoms with Crippen LogP contribution in [0, 0.1) is 0 Å². The molecule has 0 bridgehead atoms. The maximum atomic E-state index is 12.7. The first kappa shape index (κ1) is 31.5. The van der Waals surface area contributed by atoms with Crippen LogP contribution in [0.1, 0.15) is 39.5 Å². The van der Waals surface area contributed by atoms with Crippen LogP contribution >= 0.6 is 0 Å². The van der Waals surface area contributed by atoms with Gasteiger partial charge in [0.25, 0.3) is 0 Å². The normalized spacial score (nSPS) is 15.9. The molecule has 0 fully saturated rings. The molecular weight excluding hydrogens is 470 g/mol. The Hall–Kier alpha value is -3.50. The summed E-state index contributed by atoms with van der Waals surface area (Å²) >= 11 is 0. The number of carbonyl (C=O) groups excluding carboxylic acids is 3. The zero-order valence-corrected chi connectivity index (χ0v) is 19.5. The molecule has 0 aromatic rings. The molecule has 0 aliphatic carbocycles. The maximum absolute atomic E-state index is 12.7. The molecule has 0 rings (SSSR count). The second kappa shape index (κ2) is 15.4. The van der Waals surface area contributed by atoms with E-state index in [1.807, 2.05) is 5.32 Å². The summed E-state index contributed by atoms with van der Waals surface area (Å²) in [5, 5.41) is 44.2. The Morgan fingerprint density at radius 2 is 1.31 bits per heavy atom. The lowest BCUT2D eigenvalue weighted by Crippen LogP contribution is -2.61. The number of nitrogens with zero attached hydrogens (tertiary/aromatic N) is 1. The third-order valence-electron chi connectivity index (χ3n) is 4.69. The van der Waals surface area contributed by atoms with Crippen molar-refractivity contribution in [1.29, 1.82) is 0 Å². The lowest BCUT2D eigenvalue weighted by Gasteiger charge is -2.27. The third-order valence-corrected chi connectivity index (χ3v) is 4.69. The number of nitrogens with one attached hydrogen (secondary N) is 3. The predicted octanol–water partition coefficient (Wildman–Crippen LogP) is -4.47. The van der Waals surface area contributed by atoms with Crippen LogP contribution in [0.4, 0.5) is 0 Å². The number of carboxylic acids is 2. The number of carbonyl (C=O) groups is 5. The van der Waals surface area contributed by atoms with Crippen LogP contribution in [0.3, 0.4) is 0 Å². The Kier molecular flexibility index (Phi) is 13.9. The minimum atomic E-state index is -1.68. The van der Waals surface area contributed by atoms with Crippen molar-refractivity contribution in [2.75, 3.05) is 6.54 Å². The summed E-state index contributed by atoms with van der Waals surface area (Å²) in [6.45, 7) is 2.55. The minimum absolute atomic E-state index is 0.123.